The highest BCUT2D eigenvalue weighted by atomic mass is 32.2. The first-order valence-corrected chi connectivity index (χ1v) is 14.5. The highest BCUT2D eigenvalue weighted by Crippen LogP contribution is 2.30. The normalized spacial score (nSPS) is 11.8. The zero-order chi connectivity index (χ0) is 25.6. The van der Waals surface area contributed by atoms with E-state index < -0.39 is 5.25 Å². The molecule has 0 radical (unpaired) electrons. The molecule has 5 aromatic rings. The molecule has 9 heteroatoms. The van der Waals surface area contributed by atoms with Gasteiger partial charge in [-0.2, -0.15) is 0 Å². The van der Waals surface area contributed by atoms with Gasteiger partial charge < -0.3 is 5.32 Å². The third-order valence-electron chi connectivity index (χ3n) is 5.56. The van der Waals surface area contributed by atoms with Crippen LogP contribution in [-0.2, 0) is 10.5 Å². The molecule has 186 valence electrons. The van der Waals surface area contributed by atoms with E-state index in [0.29, 0.717) is 16.0 Å². The number of hydrogen-bond donors (Lipinski definition) is 1. The van der Waals surface area contributed by atoms with Crippen LogP contribution >= 0.6 is 34.9 Å². The number of nitrogens with one attached hydrogen (secondary N) is 1. The van der Waals surface area contributed by atoms with E-state index >= 15 is 0 Å². The summed E-state index contributed by atoms with van der Waals surface area (Å²) in [6.45, 7) is 3.95. The molecule has 5 rings (SSSR count). The minimum absolute atomic E-state index is 0.128. The molecule has 0 aliphatic rings. The van der Waals surface area contributed by atoms with E-state index in [2.05, 4.69) is 51.7 Å². The maximum absolute atomic E-state index is 13.0. The molecule has 37 heavy (non-hydrogen) atoms. The van der Waals surface area contributed by atoms with Gasteiger partial charge in [-0.3, -0.25) is 9.36 Å². The number of aryl methyl sites for hydroxylation is 1. The summed E-state index contributed by atoms with van der Waals surface area (Å²) in [4.78, 5) is 18.8. The van der Waals surface area contributed by atoms with Gasteiger partial charge in [-0.25, -0.2) is 4.98 Å². The Hall–Kier alpha value is -3.40. The molecule has 2 aromatic heterocycles. The monoisotopic (exact) mass is 543 g/mol. The van der Waals surface area contributed by atoms with E-state index in [9.17, 15) is 4.79 Å². The number of anilines is 1. The molecule has 0 saturated heterocycles. The van der Waals surface area contributed by atoms with Crippen molar-refractivity contribution < 1.29 is 4.79 Å². The molecular weight excluding hydrogens is 519 g/mol. The summed E-state index contributed by atoms with van der Waals surface area (Å²) in [5, 5.41) is 14.7. The van der Waals surface area contributed by atoms with E-state index in [0.717, 1.165) is 22.8 Å². The predicted molar refractivity (Wildman–Crippen MR) is 154 cm³/mol. The Bertz CT molecular complexity index is 1470. The number of thiazole rings is 1. The smallest absolute Gasteiger partial charge is 0.239 e. The molecule has 3 aromatic carbocycles. The second-order valence-corrected chi connectivity index (χ2v) is 11.5. The topological polar surface area (TPSA) is 72.7 Å². The average molecular weight is 544 g/mol. The lowest BCUT2D eigenvalue weighted by atomic mass is 10.2. The van der Waals surface area contributed by atoms with Crippen molar-refractivity contribution in [1.82, 2.24) is 19.7 Å². The van der Waals surface area contributed by atoms with E-state index in [1.807, 2.05) is 77.5 Å². The SMILES string of the molecule is Cc1ccc(SCc2nnc(SC(C)C(=O)Nc3nc(-c4ccccc4)cs3)n2-c2ccccc2)cc1. The Morgan fingerprint density at radius 2 is 1.68 bits per heavy atom. The average Bonchev–Trinajstić information content (AvgIpc) is 3.56. The van der Waals surface area contributed by atoms with Crippen molar-refractivity contribution in [3.05, 3.63) is 102 Å². The molecule has 1 amide bonds. The lowest BCUT2D eigenvalue weighted by molar-refractivity contribution is -0.115. The second kappa shape index (κ2) is 11.8. The highest BCUT2D eigenvalue weighted by molar-refractivity contribution is 8.00. The number of para-hydroxylation sites is 1. The van der Waals surface area contributed by atoms with Crippen LogP contribution in [0.15, 0.2) is 100 Å². The Morgan fingerprint density at radius 3 is 2.41 bits per heavy atom. The molecule has 1 N–H and O–H groups in total. The molecule has 1 atom stereocenters. The standard InChI is InChI=1S/C28H25N5OS3/c1-19-13-15-23(16-14-19)35-18-25-31-32-28(33(25)22-11-7-4-8-12-22)37-20(2)26(34)30-27-29-24(17-36-27)21-9-5-3-6-10-21/h3-17,20H,18H2,1-2H3,(H,29,30,34). The van der Waals surface area contributed by atoms with Gasteiger partial charge in [-0.1, -0.05) is 78.0 Å². The summed E-state index contributed by atoms with van der Waals surface area (Å²) >= 11 is 4.52. The molecule has 0 saturated carbocycles. The third kappa shape index (κ3) is 6.30. The van der Waals surface area contributed by atoms with Gasteiger partial charge in [0.15, 0.2) is 10.3 Å². The lowest BCUT2D eigenvalue weighted by Crippen LogP contribution is -2.22. The van der Waals surface area contributed by atoms with Crippen LogP contribution in [0.1, 0.15) is 18.3 Å². The number of nitrogens with zero attached hydrogens (tertiary/aromatic N) is 4. The van der Waals surface area contributed by atoms with E-state index in [4.69, 9.17) is 0 Å². The minimum Gasteiger partial charge on any atom is -0.301 e. The van der Waals surface area contributed by atoms with Gasteiger partial charge in [0.05, 0.1) is 16.7 Å². The van der Waals surface area contributed by atoms with E-state index in [1.165, 1.54) is 33.6 Å². The molecular formula is C28H25N5OS3. The summed E-state index contributed by atoms with van der Waals surface area (Å²) in [7, 11) is 0. The van der Waals surface area contributed by atoms with Crippen LogP contribution in [0.3, 0.4) is 0 Å². The molecule has 0 fully saturated rings. The number of carbonyl (C=O) groups excluding carboxylic acids is 1. The number of carbonyl (C=O) groups is 1. The van der Waals surface area contributed by atoms with Gasteiger partial charge in [0.2, 0.25) is 5.91 Å². The van der Waals surface area contributed by atoms with Crippen molar-refractivity contribution in [3.8, 4) is 16.9 Å². The van der Waals surface area contributed by atoms with Crippen LogP contribution in [0.5, 0.6) is 0 Å². The maximum Gasteiger partial charge on any atom is 0.239 e. The van der Waals surface area contributed by atoms with Crippen LogP contribution in [0.4, 0.5) is 5.13 Å². The van der Waals surface area contributed by atoms with Crippen molar-refractivity contribution in [2.75, 3.05) is 5.32 Å². The molecule has 0 aliphatic heterocycles. The first kappa shape index (κ1) is 25.3. The van der Waals surface area contributed by atoms with Crippen LogP contribution in [0.25, 0.3) is 16.9 Å². The zero-order valence-electron chi connectivity index (χ0n) is 20.4. The Kier molecular flexibility index (Phi) is 8.03. The van der Waals surface area contributed by atoms with Crippen LogP contribution in [0.2, 0.25) is 0 Å². The number of thioether (sulfide) groups is 2. The van der Waals surface area contributed by atoms with Gasteiger partial charge in [0.1, 0.15) is 5.82 Å². The largest absolute Gasteiger partial charge is 0.301 e. The van der Waals surface area contributed by atoms with Crippen molar-refractivity contribution in [2.24, 2.45) is 0 Å². The summed E-state index contributed by atoms with van der Waals surface area (Å²) in [5.74, 6) is 1.37. The highest BCUT2D eigenvalue weighted by Gasteiger charge is 2.22. The molecule has 6 nitrogen and oxygen atoms in total. The number of benzene rings is 3. The number of rotatable bonds is 9. The fraction of sp³-hybridized carbons (Fsp3) is 0.143. The summed E-state index contributed by atoms with van der Waals surface area (Å²) in [6, 6.07) is 28.4. The Balaban J connectivity index is 1.30. The summed E-state index contributed by atoms with van der Waals surface area (Å²) < 4.78 is 2.03. The Morgan fingerprint density at radius 1 is 0.973 bits per heavy atom. The van der Waals surface area contributed by atoms with Crippen molar-refractivity contribution in [3.63, 3.8) is 0 Å². The molecule has 0 bridgehead atoms. The quantitative estimate of drug-likeness (QED) is 0.200. The van der Waals surface area contributed by atoms with Crippen LogP contribution < -0.4 is 5.32 Å². The van der Waals surface area contributed by atoms with E-state index in [1.54, 1.807) is 11.8 Å². The molecule has 0 aliphatic carbocycles. The summed E-state index contributed by atoms with van der Waals surface area (Å²) in [6.07, 6.45) is 0. The fourth-order valence-corrected chi connectivity index (χ4v) is 6.00. The Labute approximate surface area is 228 Å². The molecule has 0 spiro atoms. The summed E-state index contributed by atoms with van der Waals surface area (Å²) in [5.41, 5.74) is 4.07. The zero-order valence-corrected chi connectivity index (χ0v) is 22.8. The van der Waals surface area contributed by atoms with Crippen molar-refractivity contribution >= 4 is 45.9 Å². The van der Waals surface area contributed by atoms with Gasteiger partial charge in [0, 0.05) is 21.5 Å². The fourth-order valence-electron chi connectivity index (χ4n) is 3.58. The number of hydrogen-bond acceptors (Lipinski definition) is 7. The van der Waals surface area contributed by atoms with Crippen LogP contribution in [0, 0.1) is 6.92 Å². The first-order chi connectivity index (χ1) is 18.1. The number of aromatic nitrogens is 4. The van der Waals surface area contributed by atoms with Gasteiger partial charge in [-0.05, 0) is 38.1 Å². The molecule has 2 heterocycles. The van der Waals surface area contributed by atoms with Crippen molar-refractivity contribution in [1.29, 1.82) is 0 Å². The predicted octanol–water partition coefficient (Wildman–Crippen LogP) is 7.11. The van der Waals surface area contributed by atoms with Crippen molar-refractivity contribution in [2.45, 2.75) is 34.9 Å². The molecule has 1 unspecified atom stereocenters. The van der Waals surface area contributed by atoms with Crippen LogP contribution in [-0.4, -0.2) is 30.9 Å². The first-order valence-electron chi connectivity index (χ1n) is 11.7. The second-order valence-electron chi connectivity index (χ2n) is 8.32. The minimum atomic E-state index is -0.395. The van der Waals surface area contributed by atoms with E-state index in [-0.39, 0.29) is 5.91 Å². The lowest BCUT2D eigenvalue weighted by Gasteiger charge is -2.13. The number of amides is 1. The van der Waals surface area contributed by atoms with Gasteiger partial charge >= 0.3 is 0 Å². The van der Waals surface area contributed by atoms with Gasteiger partial charge in [0.25, 0.3) is 0 Å². The van der Waals surface area contributed by atoms with Gasteiger partial charge in [-0.15, -0.1) is 33.3 Å². The third-order valence-corrected chi connectivity index (χ3v) is 8.37. The maximum atomic E-state index is 13.0.